The molecule has 4 nitrogen and oxygen atoms in total. The maximum atomic E-state index is 6.24. The zero-order valence-electron chi connectivity index (χ0n) is 11.5. The number of thiazole rings is 1. The van der Waals surface area contributed by atoms with Crippen molar-refractivity contribution in [2.24, 2.45) is 5.73 Å². The fourth-order valence-electron chi connectivity index (χ4n) is 1.80. The van der Waals surface area contributed by atoms with Crippen molar-refractivity contribution in [3.8, 4) is 22.8 Å². The van der Waals surface area contributed by atoms with Crippen LogP contribution >= 0.6 is 22.9 Å². The van der Waals surface area contributed by atoms with Gasteiger partial charge in [-0.2, -0.15) is 0 Å². The molecule has 0 aliphatic heterocycles. The molecule has 1 heterocycles. The van der Waals surface area contributed by atoms with E-state index in [-0.39, 0.29) is 0 Å². The highest BCUT2D eigenvalue weighted by molar-refractivity contribution is 7.09. The summed E-state index contributed by atoms with van der Waals surface area (Å²) >= 11 is 7.77. The van der Waals surface area contributed by atoms with Crippen molar-refractivity contribution in [2.75, 3.05) is 13.2 Å². The maximum Gasteiger partial charge on any atom is 0.141 e. The van der Waals surface area contributed by atoms with E-state index in [0.29, 0.717) is 36.3 Å². The molecule has 0 radical (unpaired) electrons. The number of nitrogens with zero attached hydrogens (tertiary/aromatic N) is 1. The number of benzene rings is 1. The molecule has 108 valence electrons. The minimum Gasteiger partial charge on any atom is -0.493 e. The zero-order chi connectivity index (χ0) is 14.5. The molecular weight excluding hydrogens is 296 g/mol. The van der Waals surface area contributed by atoms with Crippen molar-refractivity contribution in [3.05, 3.63) is 27.5 Å². The van der Waals surface area contributed by atoms with Gasteiger partial charge in [0, 0.05) is 23.6 Å². The van der Waals surface area contributed by atoms with Crippen molar-refractivity contribution >= 4 is 22.9 Å². The lowest BCUT2D eigenvalue weighted by Gasteiger charge is -2.13. The van der Waals surface area contributed by atoms with Gasteiger partial charge in [0.2, 0.25) is 0 Å². The van der Waals surface area contributed by atoms with Crippen LogP contribution < -0.4 is 15.2 Å². The van der Waals surface area contributed by atoms with E-state index >= 15 is 0 Å². The summed E-state index contributed by atoms with van der Waals surface area (Å²) in [7, 11) is 0. The fraction of sp³-hybridized carbons (Fsp3) is 0.357. The Hall–Kier alpha value is -1.30. The summed E-state index contributed by atoms with van der Waals surface area (Å²) < 4.78 is 11.2. The molecule has 2 N–H and O–H groups in total. The first-order valence-electron chi connectivity index (χ1n) is 6.43. The smallest absolute Gasteiger partial charge is 0.141 e. The van der Waals surface area contributed by atoms with Gasteiger partial charge in [-0.25, -0.2) is 4.98 Å². The van der Waals surface area contributed by atoms with Gasteiger partial charge in [-0.1, -0.05) is 11.6 Å². The summed E-state index contributed by atoms with van der Waals surface area (Å²) in [4.78, 5) is 4.47. The van der Waals surface area contributed by atoms with Crippen molar-refractivity contribution in [2.45, 2.75) is 20.4 Å². The zero-order valence-corrected chi connectivity index (χ0v) is 13.1. The SMILES string of the molecule is CCOc1cc(OCC)c(-c2csc(CN)n2)cc1Cl. The Bertz CT molecular complexity index is 587. The van der Waals surface area contributed by atoms with E-state index < -0.39 is 0 Å². The molecule has 2 aromatic rings. The van der Waals surface area contributed by atoms with Crippen LogP contribution in [0.25, 0.3) is 11.3 Å². The maximum absolute atomic E-state index is 6.24. The lowest BCUT2D eigenvalue weighted by Crippen LogP contribution is -1.99. The first-order valence-corrected chi connectivity index (χ1v) is 7.69. The number of aromatic nitrogens is 1. The van der Waals surface area contributed by atoms with Gasteiger partial charge in [0.05, 0.1) is 23.9 Å². The predicted molar refractivity (Wildman–Crippen MR) is 82.8 cm³/mol. The van der Waals surface area contributed by atoms with Crippen molar-refractivity contribution in [1.82, 2.24) is 4.98 Å². The number of nitrogens with two attached hydrogens (primary N) is 1. The Morgan fingerprint density at radius 1 is 1.20 bits per heavy atom. The molecule has 0 amide bonds. The van der Waals surface area contributed by atoms with Crippen LogP contribution in [-0.4, -0.2) is 18.2 Å². The van der Waals surface area contributed by atoms with Crippen molar-refractivity contribution in [3.63, 3.8) is 0 Å². The van der Waals surface area contributed by atoms with E-state index in [9.17, 15) is 0 Å². The second kappa shape index (κ2) is 6.92. The Balaban J connectivity index is 2.47. The average molecular weight is 313 g/mol. The van der Waals surface area contributed by atoms with Crippen LogP contribution in [0.15, 0.2) is 17.5 Å². The number of rotatable bonds is 6. The highest BCUT2D eigenvalue weighted by Crippen LogP contribution is 2.39. The molecule has 0 spiro atoms. The molecule has 0 atom stereocenters. The Morgan fingerprint density at radius 2 is 1.90 bits per heavy atom. The monoisotopic (exact) mass is 312 g/mol. The highest BCUT2D eigenvalue weighted by atomic mass is 35.5. The fourth-order valence-corrected chi connectivity index (χ4v) is 2.70. The number of hydrogen-bond acceptors (Lipinski definition) is 5. The molecule has 0 bridgehead atoms. The van der Waals surface area contributed by atoms with Crippen molar-refractivity contribution < 1.29 is 9.47 Å². The third kappa shape index (κ3) is 3.23. The summed E-state index contributed by atoms with van der Waals surface area (Å²) in [5.74, 6) is 1.34. The van der Waals surface area contributed by atoms with Crippen LogP contribution in [0.1, 0.15) is 18.9 Å². The standard InChI is InChI=1S/C14H17ClN2O2S/c1-3-18-12-6-13(19-4-2)10(15)5-9(12)11-8-20-14(7-16)17-11/h5-6,8H,3-4,7,16H2,1-2H3. The molecular formula is C14H17ClN2O2S. The van der Waals surface area contributed by atoms with E-state index in [1.165, 1.54) is 11.3 Å². The minimum atomic E-state index is 0.430. The van der Waals surface area contributed by atoms with Crippen LogP contribution in [0.2, 0.25) is 5.02 Å². The molecule has 1 aromatic carbocycles. The normalized spacial score (nSPS) is 10.6. The van der Waals surface area contributed by atoms with Gasteiger partial charge in [-0.05, 0) is 19.9 Å². The van der Waals surface area contributed by atoms with E-state index in [1.807, 2.05) is 31.4 Å². The van der Waals surface area contributed by atoms with Crippen molar-refractivity contribution in [1.29, 1.82) is 0 Å². The molecule has 20 heavy (non-hydrogen) atoms. The molecule has 0 saturated carbocycles. The predicted octanol–water partition coefficient (Wildman–Crippen LogP) is 3.72. The molecule has 0 aliphatic carbocycles. The van der Waals surface area contributed by atoms with Gasteiger partial charge < -0.3 is 15.2 Å². The largest absolute Gasteiger partial charge is 0.493 e. The minimum absolute atomic E-state index is 0.430. The van der Waals surface area contributed by atoms with Gasteiger partial charge in [-0.3, -0.25) is 0 Å². The first-order chi connectivity index (χ1) is 9.69. The molecule has 0 fully saturated rings. The Morgan fingerprint density at radius 3 is 2.50 bits per heavy atom. The van der Waals surface area contributed by atoms with Gasteiger partial charge in [0.25, 0.3) is 0 Å². The van der Waals surface area contributed by atoms with Crippen LogP contribution in [0, 0.1) is 0 Å². The van der Waals surface area contributed by atoms with Gasteiger partial charge in [0.1, 0.15) is 16.5 Å². The molecule has 6 heteroatoms. The lowest BCUT2D eigenvalue weighted by molar-refractivity contribution is 0.324. The van der Waals surface area contributed by atoms with E-state index in [1.54, 1.807) is 0 Å². The van der Waals surface area contributed by atoms with E-state index in [0.717, 1.165) is 16.3 Å². The average Bonchev–Trinajstić information content (AvgIpc) is 2.91. The summed E-state index contributed by atoms with van der Waals surface area (Å²) in [5, 5.41) is 3.39. The molecule has 2 rings (SSSR count). The second-order valence-corrected chi connectivity index (χ2v) is 5.33. The third-order valence-corrected chi connectivity index (χ3v) is 3.80. The number of ether oxygens (including phenoxy) is 2. The summed E-state index contributed by atoms with van der Waals surface area (Å²) in [6.45, 7) is 5.40. The highest BCUT2D eigenvalue weighted by Gasteiger charge is 2.14. The molecule has 0 aliphatic rings. The van der Waals surface area contributed by atoms with Gasteiger partial charge in [-0.15, -0.1) is 11.3 Å². The second-order valence-electron chi connectivity index (χ2n) is 3.98. The van der Waals surface area contributed by atoms with Crippen LogP contribution in [0.4, 0.5) is 0 Å². The van der Waals surface area contributed by atoms with E-state index in [2.05, 4.69) is 4.98 Å². The molecule has 0 saturated heterocycles. The third-order valence-electron chi connectivity index (χ3n) is 2.64. The van der Waals surface area contributed by atoms with Crippen LogP contribution in [0.5, 0.6) is 11.5 Å². The quantitative estimate of drug-likeness (QED) is 0.883. The lowest BCUT2D eigenvalue weighted by atomic mass is 10.1. The number of halogens is 1. The molecule has 1 aromatic heterocycles. The summed E-state index contributed by atoms with van der Waals surface area (Å²) in [5.41, 5.74) is 7.28. The van der Waals surface area contributed by atoms with Crippen LogP contribution in [-0.2, 0) is 6.54 Å². The molecule has 0 unspecified atom stereocenters. The summed E-state index contributed by atoms with van der Waals surface area (Å²) in [6.07, 6.45) is 0. The summed E-state index contributed by atoms with van der Waals surface area (Å²) in [6, 6.07) is 3.64. The Kier molecular flexibility index (Phi) is 5.23. The van der Waals surface area contributed by atoms with Gasteiger partial charge in [0.15, 0.2) is 0 Å². The number of hydrogen-bond donors (Lipinski definition) is 1. The topological polar surface area (TPSA) is 57.4 Å². The van der Waals surface area contributed by atoms with E-state index in [4.69, 9.17) is 26.8 Å². The Labute approximate surface area is 127 Å². The van der Waals surface area contributed by atoms with Crippen LogP contribution in [0.3, 0.4) is 0 Å². The first kappa shape index (κ1) is 15.1. The van der Waals surface area contributed by atoms with Gasteiger partial charge >= 0.3 is 0 Å².